The molecular weight excluding hydrogens is 390 g/mol. The molecule has 0 aliphatic heterocycles. The molecule has 0 aliphatic carbocycles. The quantitative estimate of drug-likeness (QED) is 0.528. The Labute approximate surface area is 170 Å². The second-order valence-corrected chi connectivity index (χ2v) is 7.29. The van der Waals surface area contributed by atoms with E-state index in [1.807, 2.05) is 47.2 Å². The van der Waals surface area contributed by atoms with Gasteiger partial charge in [-0.1, -0.05) is 23.4 Å². The van der Waals surface area contributed by atoms with Gasteiger partial charge in [0.05, 0.1) is 11.4 Å². The Kier molecular flexibility index (Phi) is 5.13. The van der Waals surface area contributed by atoms with Gasteiger partial charge in [0.2, 0.25) is 17.6 Å². The number of hydrogen-bond acceptors (Lipinski definition) is 6. The van der Waals surface area contributed by atoms with Crippen LogP contribution >= 0.6 is 11.3 Å². The SMILES string of the molecule is Cc1c(NC(=O)CCc2nc(-c3ccsc3)no2)c(=O)n(-c2ccccc2)n1C. The summed E-state index contributed by atoms with van der Waals surface area (Å²) in [4.78, 5) is 29.6. The van der Waals surface area contributed by atoms with Crippen LogP contribution in [0, 0.1) is 6.92 Å². The molecule has 4 aromatic rings. The first-order valence-corrected chi connectivity index (χ1v) is 9.98. The lowest BCUT2D eigenvalue weighted by Crippen LogP contribution is -2.23. The van der Waals surface area contributed by atoms with Gasteiger partial charge in [-0.2, -0.15) is 16.3 Å². The lowest BCUT2D eigenvalue weighted by atomic mass is 10.2. The van der Waals surface area contributed by atoms with Gasteiger partial charge < -0.3 is 9.84 Å². The number of aryl methyl sites for hydroxylation is 1. The third kappa shape index (κ3) is 3.77. The minimum absolute atomic E-state index is 0.129. The molecule has 148 valence electrons. The highest BCUT2D eigenvalue weighted by Gasteiger charge is 2.18. The maximum absolute atomic E-state index is 12.8. The van der Waals surface area contributed by atoms with Gasteiger partial charge in [-0.05, 0) is 30.5 Å². The number of rotatable bonds is 6. The first kappa shape index (κ1) is 18.9. The van der Waals surface area contributed by atoms with Crippen LogP contribution in [0.1, 0.15) is 18.0 Å². The van der Waals surface area contributed by atoms with Crippen molar-refractivity contribution in [3.63, 3.8) is 0 Å². The number of thiophene rings is 1. The first-order valence-electron chi connectivity index (χ1n) is 9.03. The molecule has 3 heterocycles. The summed E-state index contributed by atoms with van der Waals surface area (Å²) < 4.78 is 8.46. The van der Waals surface area contributed by atoms with Crippen molar-refractivity contribution in [3.8, 4) is 17.1 Å². The van der Waals surface area contributed by atoms with E-state index in [1.165, 1.54) is 4.68 Å². The zero-order valence-corrected chi connectivity index (χ0v) is 16.8. The zero-order chi connectivity index (χ0) is 20.4. The second kappa shape index (κ2) is 7.88. The molecule has 0 saturated carbocycles. The number of amides is 1. The molecular formula is C20H19N5O3S. The average molecular weight is 409 g/mol. The normalized spacial score (nSPS) is 11.0. The van der Waals surface area contributed by atoms with E-state index < -0.39 is 0 Å². The fourth-order valence-corrected chi connectivity index (χ4v) is 3.63. The number of nitrogens with zero attached hydrogens (tertiary/aromatic N) is 4. The molecule has 0 spiro atoms. The predicted octanol–water partition coefficient (Wildman–Crippen LogP) is 3.17. The number of nitrogens with one attached hydrogen (secondary N) is 1. The molecule has 1 N–H and O–H groups in total. The monoisotopic (exact) mass is 409 g/mol. The van der Waals surface area contributed by atoms with Crippen molar-refractivity contribution in [1.82, 2.24) is 19.5 Å². The highest BCUT2D eigenvalue weighted by atomic mass is 32.1. The zero-order valence-electron chi connectivity index (χ0n) is 16.0. The number of anilines is 1. The Bertz CT molecular complexity index is 1190. The van der Waals surface area contributed by atoms with Crippen molar-refractivity contribution in [2.75, 3.05) is 5.32 Å². The highest BCUT2D eigenvalue weighted by Crippen LogP contribution is 2.19. The number of carbonyl (C=O) groups is 1. The second-order valence-electron chi connectivity index (χ2n) is 6.51. The van der Waals surface area contributed by atoms with Crippen LogP contribution in [-0.2, 0) is 18.3 Å². The molecule has 8 nitrogen and oxygen atoms in total. The molecule has 29 heavy (non-hydrogen) atoms. The van der Waals surface area contributed by atoms with Gasteiger partial charge in [-0.25, -0.2) is 4.68 Å². The Morgan fingerprint density at radius 2 is 2.03 bits per heavy atom. The summed E-state index contributed by atoms with van der Waals surface area (Å²) in [5, 5.41) is 10.5. The highest BCUT2D eigenvalue weighted by molar-refractivity contribution is 7.08. The lowest BCUT2D eigenvalue weighted by molar-refractivity contribution is -0.116. The summed E-state index contributed by atoms with van der Waals surface area (Å²) in [7, 11) is 1.78. The minimum Gasteiger partial charge on any atom is -0.339 e. The standard InChI is InChI=1S/C20H19N5O3S/c1-13-18(20(27)25(24(13)2)15-6-4-3-5-7-15)21-16(26)8-9-17-22-19(23-28-17)14-10-11-29-12-14/h3-7,10-12H,8-9H2,1-2H3,(H,21,26). The topological polar surface area (TPSA) is 95.0 Å². The summed E-state index contributed by atoms with van der Waals surface area (Å²) in [5.41, 5.74) is 2.28. The average Bonchev–Trinajstić information content (AvgIpc) is 3.45. The van der Waals surface area contributed by atoms with Crippen LogP contribution in [0.4, 0.5) is 5.69 Å². The largest absolute Gasteiger partial charge is 0.339 e. The van der Waals surface area contributed by atoms with E-state index in [2.05, 4.69) is 15.5 Å². The van der Waals surface area contributed by atoms with E-state index in [1.54, 1.807) is 30.0 Å². The summed E-state index contributed by atoms with van der Waals surface area (Å²) in [6, 6.07) is 11.2. The Morgan fingerprint density at radius 3 is 2.76 bits per heavy atom. The van der Waals surface area contributed by atoms with E-state index in [-0.39, 0.29) is 23.6 Å². The van der Waals surface area contributed by atoms with Crippen molar-refractivity contribution < 1.29 is 9.32 Å². The maximum Gasteiger partial charge on any atom is 0.295 e. The number of aromatic nitrogens is 4. The molecule has 0 fully saturated rings. The van der Waals surface area contributed by atoms with Crippen LogP contribution in [-0.4, -0.2) is 25.4 Å². The molecule has 9 heteroatoms. The van der Waals surface area contributed by atoms with Crippen LogP contribution in [0.2, 0.25) is 0 Å². The number of benzene rings is 1. The van der Waals surface area contributed by atoms with Crippen molar-refractivity contribution in [3.05, 3.63) is 69.1 Å². The van der Waals surface area contributed by atoms with Crippen LogP contribution in [0.25, 0.3) is 17.1 Å². The molecule has 0 atom stereocenters. The molecule has 1 amide bonds. The maximum atomic E-state index is 12.8. The van der Waals surface area contributed by atoms with Gasteiger partial charge in [0.15, 0.2) is 0 Å². The number of hydrogen-bond donors (Lipinski definition) is 1. The fraction of sp³-hybridized carbons (Fsp3) is 0.200. The van der Waals surface area contributed by atoms with E-state index in [0.717, 1.165) is 11.3 Å². The van der Waals surface area contributed by atoms with Crippen molar-refractivity contribution >= 4 is 22.9 Å². The molecule has 0 bridgehead atoms. The van der Waals surface area contributed by atoms with E-state index in [9.17, 15) is 9.59 Å². The summed E-state index contributed by atoms with van der Waals surface area (Å²) in [6.45, 7) is 1.79. The van der Waals surface area contributed by atoms with E-state index in [4.69, 9.17) is 4.52 Å². The third-order valence-electron chi connectivity index (χ3n) is 4.63. The Hall–Kier alpha value is -3.46. The van der Waals surface area contributed by atoms with Crippen molar-refractivity contribution in [2.24, 2.45) is 7.05 Å². The van der Waals surface area contributed by atoms with Gasteiger partial charge in [0.25, 0.3) is 5.56 Å². The summed E-state index contributed by atoms with van der Waals surface area (Å²) >= 11 is 1.55. The molecule has 0 saturated heterocycles. The summed E-state index contributed by atoms with van der Waals surface area (Å²) in [6.07, 6.45) is 0.423. The molecule has 4 rings (SSSR count). The van der Waals surface area contributed by atoms with Crippen LogP contribution in [0.15, 0.2) is 56.5 Å². The minimum atomic E-state index is -0.286. The molecule has 3 aromatic heterocycles. The fourth-order valence-electron chi connectivity index (χ4n) is 3.00. The van der Waals surface area contributed by atoms with Crippen LogP contribution < -0.4 is 10.9 Å². The van der Waals surface area contributed by atoms with Crippen LogP contribution in [0.5, 0.6) is 0 Å². The van der Waals surface area contributed by atoms with E-state index >= 15 is 0 Å². The molecule has 0 unspecified atom stereocenters. The summed E-state index contributed by atoms with van der Waals surface area (Å²) in [5.74, 6) is 0.602. The van der Waals surface area contributed by atoms with Gasteiger partial charge >= 0.3 is 0 Å². The smallest absolute Gasteiger partial charge is 0.295 e. The third-order valence-corrected chi connectivity index (χ3v) is 5.32. The molecule has 1 aromatic carbocycles. The van der Waals surface area contributed by atoms with Gasteiger partial charge in [-0.15, -0.1) is 0 Å². The van der Waals surface area contributed by atoms with Gasteiger partial charge in [-0.3, -0.25) is 14.3 Å². The number of carbonyl (C=O) groups excluding carboxylic acids is 1. The Morgan fingerprint density at radius 1 is 1.24 bits per heavy atom. The van der Waals surface area contributed by atoms with Gasteiger partial charge in [0.1, 0.15) is 5.69 Å². The van der Waals surface area contributed by atoms with Crippen molar-refractivity contribution in [1.29, 1.82) is 0 Å². The predicted molar refractivity (Wildman–Crippen MR) is 110 cm³/mol. The van der Waals surface area contributed by atoms with Gasteiger partial charge in [0, 0.05) is 30.8 Å². The molecule has 0 aliphatic rings. The lowest BCUT2D eigenvalue weighted by Gasteiger charge is -2.07. The molecule has 0 radical (unpaired) electrons. The Balaban J connectivity index is 1.46. The van der Waals surface area contributed by atoms with Crippen LogP contribution in [0.3, 0.4) is 0 Å². The number of para-hydroxylation sites is 1. The first-order chi connectivity index (χ1) is 14.0. The van der Waals surface area contributed by atoms with Crippen molar-refractivity contribution in [2.45, 2.75) is 19.8 Å². The van der Waals surface area contributed by atoms with E-state index in [0.29, 0.717) is 23.8 Å².